The minimum absolute atomic E-state index is 0.367. The number of carbonyl (C=O) groups is 1. The van der Waals surface area contributed by atoms with Gasteiger partial charge in [0.15, 0.2) is 6.10 Å². The molecule has 0 aliphatic carbocycles. The molecular formula is C14H17ClO3. The third kappa shape index (κ3) is 5.23. The lowest BCUT2D eigenvalue weighted by Crippen LogP contribution is -2.26. The predicted molar refractivity (Wildman–Crippen MR) is 71.9 cm³/mol. The van der Waals surface area contributed by atoms with Crippen molar-refractivity contribution < 1.29 is 14.3 Å². The molecule has 0 spiro atoms. The molecule has 0 radical (unpaired) electrons. The number of rotatable bonds is 7. The standard InChI is InChI=1S/C14H17ClO3/c1-3-4-5-10-17-14(16)11(2)18-13-8-6-12(15)7-9-13/h3,6-9,11H,1,4-5,10H2,2H3. The molecule has 18 heavy (non-hydrogen) atoms. The third-order valence-electron chi connectivity index (χ3n) is 2.26. The van der Waals surface area contributed by atoms with E-state index >= 15 is 0 Å². The second-order valence-electron chi connectivity index (χ2n) is 3.81. The first-order valence-corrected chi connectivity index (χ1v) is 6.21. The molecule has 0 saturated carbocycles. The van der Waals surface area contributed by atoms with Gasteiger partial charge in [-0.05, 0) is 44.0 Å². The number of allylic oxidation sites excluding steroid dienone is 1. The molecule has 1 atom stereocenters. The van der Waals surface area contributed by atoms with Gasteiger partial charge in [-0.2, -0.15) is 0 Å². The highest BCUT2D eigenvalue weighted by Gasteiger charge is 2.15. The van der Waals surface area contributed by atoms with E-state index in [0.717, 1.165) is 12.8 Å². The predicted octanol–water partition coefficient (Wildman–Crippen LogP) is 3.62. The maximum absolute atomic E-state index is 11.6. The number of unbranched alkanes of at least 4 members (excludes halogenated alkanes) is 1. The largest absolute Gasteiger partial charge is 0.479 e. The van der Waals surface area contributed by atoms with Crippen LogP contribution in [0.15, 0.2) is 36.9 Å². The summed E-state index contributed by atoms with van der Waals surface area (Å²) in [4.78, 5) is 11.6. The number of esters is 1. The van der Waals surface area contributed by atoms with Crippen molar-refractivity contribution in [1.29, 1.82) is 0 Å². The molecule has 0 fully saturated rings. The molecule has 3 nitrogen and oxygen atoms in total. The molecular weight excluding hydrogens is 252 g/mol. The Morgan fingerprint density at radius 1 is 1.44 bits per heavy atom. The topological polar surface area (TPSA) is 35.5 Å². The quantitative estimate of drug-likeness (QED) is 0.430. The highest BCUT2D eigenvalue weighted by molar-refractivity contribution is 6.30. The minimum Gasteiger partial charge on any atom is -0.479 e. The van der Waals surface area contributed by atoms with Crippen LogP contribution < -0.4 is 4.74 Å². The Bertz CT molecular complexity index is 387. The first kappa shape index (κ1) is 14.6. The fraction of sp³-hybridized carbons (Fsp3) is 0.357. The van der Waals surface area contributed by atoms with Crippen LogP contribution in [0, 0.1) is 0 Å². The maximum atomic E-state index is 11.6. The van der Waals surface area contributed by atoms with Crippen LogP contribution in [-0.2, 0) is 9.53 Å². The molecule has 1 rings (SSSR count). The fourth-order valence-corrected chi connectivity index (χ4v) is 1.41. The van der Waals surface area contributed by atoms with E-state index in [1.807, 2.05) is 0 Å². The molecule has 0 N–H and O–H groups in total. The monoisotopic (exact) mass is 268 g/mol. The van der Waals surface area contributed by atoms with E-state index in [1.165, 1.54) is 0 Å². The lowest BCUT2D eigenvalue weighted by atomic mass is 10.3. The number of hydrogen-bond donors (Lipinski definition) is 0. The molecule has 0 amide bonds. The Hall–Kier alpha value is -1.48. The van der Waals surface area contributed by atoms with Gasteiger partial charge in [0.1, 0.15) is 5.75 Å². The summed E-state index contributed by atoms with van der Waals surface area (Å²) >= 11 is 5.75. The minimum atomic E-state index is -0.630. The second kappa shape index (κ2) is 7.77. The van der Waals surface area contributed by atoms with Crippen LogP contribution in [0.3, 0.4) is 0 Å². The molecule has 4 heteroatoms. The summed E-state index contributed by atoms with van der Waals surface area (Å²) in [6.07, 6.45) is 2.78. The first-order valence-electron chi connectivity index (χ1n) is 5.83. The van der Waals surface area contributed by atoms with Crippen molar-refractivity contribution >= 4 is 17.6 Å². The van der Waals surface area contributed by atoms with Crippen LogP contribution in [0.5, 0.6) is 5.75 Å². The number of hydrogen-bond acceptors (Lipinski definition) is 3. The zero-order valence-corrected chi connectivity index (χ0v) is 11.2. The van der Waals surface area contributed by atoms with Crippen molar-refractivity contribution in [3.63, 3.8) is 0 Å². The van der Waals surface area contributed by atoms with Gasteiger partial charge >= 0.3 is 5.97 Å². The molecule has 1 unspecified atom stereocenters. The molecule has 1 aromatic carbocycles. The summed E-state index contributed by atoms with van der Waals surface area (Å²) in [6.45, 7) is 5.64. The zero-order valence-electron chi connectivity index (χ0n) is 10.4. The van der Waals surface area contributed by atoms with E-state index in [9.17, 15) is 4.79 Å². The molecule has 0 heterocycles. The Morgan fingerprint density at radius 3 is 2.72 bits per heavy atom. The molecule has 0 saturated heterocycles. The van der Waals surface area contributed by atoms with Gasteiger partial charge in [-0.1, -0.05) is 17.7 Å². The van der Waals surface area contributed by atoms with Crippen LogP contribution in [0.25, 0.3) is 0 Å². The van der Waals surface area contributed by atoms with Gasteiger partial charge in [0.05, 0.1) is 6.61 Å². The number of halogens is 1. The Labute approximate surface area is 112 Å². The van der Waals surface area contributed by atoms with E-state index in [0.29, 0.717) is 17.4 Å². The Balaban J connectivity index is 2.35. The van der Waals surface area contributed by atoms with Crippen LogP contribution >= 0.6 is 11.6 Å². The van der Waals surface area contributed by atoms with Gasteiger partial charge in [0.25, 0.3) is 0 Å². The molecule has 0 aromatic heterocycles. The van der Waals surface area contributed by atoms with E-state index < -0.39 is 6.10 Å². The van der Waals surface area contributed by atoms with Gasteiger partial charge < -0.3 is 9.47 Å². The van der Waals surface area contributed by atoms with Crippen molar-refractivity contribution in [2.24, 2.45) is 0 Å². The van der Waals surface area contributed by atoms with Gasteiger partial charge in [0.2, 0.25) is 0 Å². The maximum Gasteiger partial charge on any atom is 0.347 e. The van der Waals surface area contributed by atoms with Crippen molar-refractivity contribution in [2.75, 3.05) is 6.61 Å². The van der Waals surface area contributed by atoms with Crippen molar-refractivity contribution in [1.82, 2.24) is 0 Å². The summed E-state index contributed by atoms with van der Waals surface area (Å²) in [5, 5.41) is 0.627. The zero-order chi connectivity index (χ0) is 13.4. The highest BCUT2D eigenvalue weighted by Crippen LogP contribution is 2.17. The van der Waals surface area contributed by atoms with Gasteiger partial charge in [-0.25, -0.2) is 4.79 Å². The summed E-state index contributed by atoms with van der Waals surface area (Å²) < 4.78 is 10.5. The van der Waals surface area contributed by atoms with Crippen LogP contribution in [0.4, 0.5) is 0 Å². The van der Waals surface area contributed by atoms with E-state index in [1.54, 1.807) is 37.3 Å². The number of ether oxygens (including phenoxy) is 2. The smallest absolute Gasteiger partial charge is 0.347 e. The lowest BCUT2D eigenvalue weighted by Gasteiger charge is -2.13. The van der Waals surface area contributed by atoms with E-state index in [4.69, 9.17) is 21.1 Å². The SMILES string of the molecule is C=CCCCOC(=O)C(C)Oc1ccc(Cl)cc1. The average molecular weight is 269 g/mol. The van der Waals surface area contributed by atoms with Crippen molar-refractivity contribution in [3.05, 3.63) is 41.9 Å². The van der Waals surface area contributed by atoms with Gasteiger partial charge in [-0.3, -0.25) is 0 Å². The molecule has 98 valence electrons. The summed E-state index contributed by atoms with van der Waals surface area (Å²) in [7, 11) is 0. The molecule has 0 aliphatic rings. The normalized spacial score (nSPS) is 11.7. The van der Waals surface area contributed by atoms with E-state index in [-0.39, 0.29) is 5.97 Å². The Kier molecular flexibility index (Phi) is 6.29. The lowest BCUT2D eigenvalue weighted by molar-refractivity contribution is -0.151. The fourth-order valence-electron chi connectivity index (χ4n) is 1.28. The highest BCUT2D eigenvalue weighted by atomic mass is 35.5. The van der Waals surface area contributed by atoms with Gasteiger partial charge in [0, 0.05) is 5.02 Å². The third-order valence-corrected chi connectivity index (χ3v) is 2.51. The summed E-state index contributed by atoms with van der Waals surface area (Å²) in [6, 6.07) is 6.84. The number of carbonyl (C=O) groups excluding carboxylic acids is 1. The van der Waals surface area contributed by atoms with Crippen LogP contribution in [0.1, 0.15) is 19.8 Å². The molecule has 1 aromatic rings. The first-order chi connectivity index (χ1) is 8.63. The summed E-state index contributed by atoms with van der Waals surface area (Å²) in [5.74, 6) is 0.226. The number of benzene rings is 1. The van der Waals surface area contributed by atoms with Crippen molar-refractivity contribution in [3.8, 4) is 5.75 Å². The van der Waals surface area contributed by atoms with Crippen LogP contribution in [0.2, 0.25) is 5.02 Å². The second-order valence-corrected chi connectivity index (χ2v) is 4.25. The molecule has 0 bridgehead atoms. The van der Waals surface area contributed by atoms with Crippen molar-refractivity contribution in [2.45, 2.75) is 25.9 Å². The Morgan fingerprint density at radius 2 is 2.11 bits per heavy atom. The average Bonchev–Trinajstić information content (AvgIpc) is 2.37. The summed E-state index contributed by atoms with van der Waals surface area (Å²) in [5.41, 5.74) is 0. The van der Waals surface area contributed by atoms with Gasteiger partial charge in [-0.15, -0.1) is 6.58 Å². The van der Waals surface area contributed by atoms with Crippen LogP contribution in [-0.4, -0.2) is 18.7 Å². The van der Waals surface area contributed by atoms with E-state index in [2.05, 4.69) is 6.58 Å². The molecule has 0 aliphatic heterocycles.